The maximum atomic E-state index is 7.03. The normalized spacial score (nSPS) is 10.6. The summed E-state index contributed by atoms with van der Waals surface area (Å²) in [5.41, 5.74) is 1.01. The molecule has 0 saturated heterocycles. The molecule has 0 aromatic heterocycles. The molecule has 0 amide bonds. The van der Waals surface area contributed by atoms with Crippen LogP contribution < -0.4 is 4.74 Å². The lowest BCUT2D eigenvalue weighted by Gasteiger charge is -1.97. The standard InChI is InChI=1S/C8H10O/c1-7-3-5-8(9-2)6-4-7/h3-6H,1-2H3/i1T. The van der Waals surface area contributed by atoms with Gasteiger partial charge in [0.25, 0.3) is 0 Å². The number of ether oxygens (including phenoxy) is 1. The molecule has 0 aliphatic heterocycles. The van der Waals surface area contributed by atoms with Gasteiger partial charge in [-0.2, -0.15) is 0 Å². The molecule has 1 nitrogen and oxygen atoms in total. The number of aryl methyl sites for hydroxylation is 1. The van der Waals surface area contributed by atoms with Crippen molar-refractivity contribution in [2.45, 2.75) is 6.90 Å². The van der Waals surface area contributed by atoms with Crippen LogP contribution in [-0.2, 0) is 0 Å². The smallest absolute Gasteiger partial charge is 0.118 e. The first-order valence-electron chi connectivity index (χ1n) is 3.49. The van der Waals surface area contributed by atoms with Crippen LogP contribution in [0.3, 0.4) is 0 Å². The minimum absolute atomic E-state index is 0.337. The molecule has 9 heavy (non-hydrogen) atoms. The minimum Gasteiger partial charge on any atom is -0.497 e. The Kier molecular flexibility index (Phi) is 1.37. The molecule has 0 fully saturated rings. The van der Waals surface area contributed by atoms with Crippen molar-refractivity contribution in [2.24, 2.45) is 0 Å². The highest BCUT2D eigenvalue weighted by atomic mass is 16.5. The van der Waals surface area contributed by atoms with Crippen LogP contribution in [-0.4, -0.2) is 7.11 Å². The quantitative estimate of drug-likeness (QED) is 0.556. The zero-order valence-corrected chi connectivity index (χ0v) is 5.42. The second-order valence-electron chi connectivity index (χ2n) is 1.85. The Morgan fingerprint density at radius 1 is 1.33 bits per heavy atom. The van der Waals surface area contributed by atoms with Gasteiger partial charge in [0.15, 0.2) is 0 Å². The Bertz CT molecular complexity index is 170. The third-order valence-corrected chi connectivity index (χ3v) is 1.16. The third kappa shape index (κ3) is 1.46. The topological polar surface area (TPSA) is 9.23 Å². The van der Waals surface area contributed by atoms with E-state index in [1.54, 1.807) is 7.11 Å². The summed E-state index contributed by atoms with van der Waals surface area (Å²) >= 11 is 0. The van der Waals surface area contributed by atoms with Crippen LogP contribution in [0.1, 0.15) is 6.93 Å². The van der Waals surface area contributed by atoms with Crippen LogP contribution >= 0.6 is 0 Å². The van der Waals surface area contributed by atoms with Crippen molar-refractivity contribution in [3.63, 3.8) is 0 Å². The highest BCUT2D eigenvalue weighted by Gasteiger charge is 1.85. The van der Waals surface area contributed by atoms with Crippen molar-refractivity contribution in [3.05, 3.63) is 29.8 Å². The van der Waals surface area contributed by atoms with Crippen molar-refractivity contribution in [1.29, 1.82) is 0 Å². The van der Waals surface area contributed by atoms with Crippen LogP contribution in [0.4, 0.5) is 0 Å². The van der Waals surface area contributed by atoms with E-state index >= 15 is 0 Å². The maximum absolute atomic E-state index is 7.03. The van der Waals surface area contributed by atoms with E-state index in [4.69, 9.17) is 6.11 Å². The van der Waals surface area contributed by atoms with Crippen molar-refractivity contribution >= 4 is 0 Å². The summed E-state index contributed by atoms with van der Waals surface area (Å²) in [6, 6.07) is 7.52. The minimum atomic E-state index is 0.337. The van der Waals surface area contributed by atoms with Gasteiger partial charge in [-0.1, -0.05) is 17.7 Å². The predicted molar refractivity (Wildman–Crippen MR) is 37.7 cm³/mol. The van der Waals surface area contributed by atoms with E-state index in [9.17, 15) is 0 Å². The van der Waals surface area contributed by atoms with Crippen LogP contribution in [0.5, 0.6) is 5.75 Å². The average molecular weight is 124 g/mol. The first-order valence-corrected chi connectivity index (χ1v) is 2.79. The van der Waals surface area contributed by atoms with Crippen molar-refractivity contribution in [1.82, 2.24) is 0 Å². The molecule has 0 radical (unpaired) electrons. The fraction of sp³-hybridized carbons (Fsp3) is 0.250. The zero-order chi connectivity index (χ0) is 7.40. The number of benzene rings is 1. The van der Waals surface area contributed by atoms with Gasteiger partial charge in [-0.05, 0) is 19.0 Å². The number of hydrogen-bond donors (Lipinski definition) is 0. The summed E-state index contributed by atoms with van der Waals surface area (Å²) in [7, 11) is 1.63. The Labute approximate surface area is 56.7 Å². The lowest BCUT2D eigenvalue weighted by molar-refractivity contribution is 0.414. The molecule has 0 unspecified atom stereocenters. The van der Waals surface area contributed by atoms with Crippen LogP contribution in [0.15, 0.2) is 24.3 Å². The Balaban J connectivity index is 2.80. The molecular weight excluding hydrogens is 112 g/mol. The second-order valence-corrected chi connectivity index (χ2v) is 1.85. The summed E-state index contributed by atoms with van der Waals surface area (Å²) < 4.78 is 12.0. The summed E-state index contributed by atoms with van der Waals surface area (Å²) in [5, 5.41) is 0. The molecule has 0 aliphatic rings. The van der Waals surface area contributed by atoms with Crippen molar-refractivity contribution < 1.29 is 6.11 Å². The summed E-state index contributed by atoms with van der Waals surface area (Å²) in [5.74, 6) is 0.845. The van der Waals surface area contributed by atoms with Crippen LogP contribution in [0, 0.1) is 6.90 Å². The molecule has 0 bridgehead atoms. The molecule has 1 aromatic rings. The molecule has 0 spiro atoms. The second kappa shape index (κ2) is 2.53. The summed E-state index contributed by atoms with van der Waals surface area (Å²) in [4.78, 5) is 0. The van der Waals surface area contributed by atoms with E-state index in [0.717, 1.165) is 11.3 Å². The molecule has 1 rings (SSSR count). The average Bonchev–Trinajstić information content (AvgIpc) is 2.05. The Morgan fingerprint density at radius 3 is 2.44 bits per heavy atom. The molecule has 0 N–H and O–H groups in total. The van der Waals surface area contributed by atoms with Gasteiger partial charge in [0.1, 0.15) is 5.75 Å². The van der Waals surface area contributed by atoms with Gasteiger partial charge >= 0.3 is 0 Å². The van der Waals surface area contributed by atoms with Gasteiger partial charge < -0.3 is 4.74 Å². The monoisotopic (exact) mass is 124 g/mol. The first kappa shape index (κ1) is 4.86. The van der Waals surface area contributed by atoms with Gasteiger partial charge in [-0.25, -0.2) is 0 Å². The van der Waals surface area contributed by atoms with Crippen LogP contribution in [0.25, 0.3) is 0 Å². The largest absolute Gasteiger partial charge is 0.497 e. The summed E-state index contributed by atoms with van der Waals surface area (Å²) in [6.07, 6.45) is 0. The zero-order valence-electron chi connectivity index (χ0n) is 6.42. The highest BCUT2D eigenvalue weighted by Crippen LogP contribution is 2.09. The first-order chi connectivity index (χ1) is 4.86. The number of methoxy groups -OCH3 is 1. The highest BCUT2D eigenvalue weighted by molar-refractivity contribution is 5.25. The fourth-order valence-electron chi connectivity index (χ4n) is 0.626. The van der Waals surface area contributed by atoms with E-state index in [-0.39, 0.29) is 0 Å². The molecule has 1 heteroatoms. The predicted octanol–water partition coefficient (Wildman–Crippen LogP) is 2.00. The Morgan fingerprint density at radius 2 is 2.00 bits per heavy atom. The van der Waals surface area contributed by atoms with E-state index in [1.165, 1.54) is 0 Å². The molecule has 0 saturated carbocycles. The van der Waals surface area contributed by atoms with E-state index in [1.807, 2.05) is 24.3 Å². The molecule has 1 aromatic carbocycles. The maximum Gasteiger partial charge on any atom is 0.118 e. The molecule has 0 aliphatic carbocycles. The van der Waals surface area contributed by atoms with Gasteiger partial charge in [0.2, 0.25) is 0 Å². The van der Waals surface area contributed by atoms with Gasteiger partial charge in [0.05, 0.1) is 7.11 Å². The van der Waals surface area contributed by atoms with Crippen molar-refractivity contribution in [3.8, 4) is 5.75 Å². The third-order valence-electron chi connectivity index (χ3n) is 1.16. The van der Waals surface area contributed by atoms with Gasteiger partial charge in [-0.15, -0.1) is 0 Å². The lowest BCUT2D eigenvalue weighted by atomic mass is 10.2. The van der Waals surface area contributed by atoms with Gasteiger partial charge in [0, 0.05) is 1.37 Å². The molecule has 48 valence electrons. The molecule has 0 heterocycles. The van der Waals surface area contributed by atoms with E-state index in [0.29, 0.717) is 6.90 Å². The van der Waals surface area contributed by atoms with E-state index in [2.05, 4.69) is 0 Å². The SMILES string of the molecule is [3H]Cc1ccc(OC)cc1. The Hall–Kier alpha value is -0.980. The van der Waals surface area contributed by atoms with Gasteiger partial charge in [-0.3, -0.25) is 0 Å². The number of hydrogen-bond acceptors (Lipinski definition) is 1. The number of rotatable bonds is 1. The van der Waals surface area contributed by atoms with Crippen LogP contribution in [0.2, 0.25) is 0 Å². The lowest BCUT2D eigenvalue weighted by Crippen LogP contribution is -1.80. The molecule has 0 atom stereocenters. The van der Waals surface area contributed by atoms with E-state index < -0.39 is 0 Å². The molecular formula is C8H10O. The summed E-state index contributed by atoms with van der Waals surface area (Å²) in [6.45, 7) is 0.337. The van der Waals surface area contributed by atoms with Crippen molar-refractivity contribution in [2.75, 3.05) is 7.11 Å². The fourth-order valence-corrected chi connectivity index (χ4v) is 0.626.